The molecule has 0 radical (unpaired) electrons. The highest BCUT2D eigenvalue weighted by Gasteiger charge is 2.36. The largest absolute Gasteiger partial charge is 0.465 e. The molecule has 0 aromatic heterocycles. The van der Waals surface area contributed by atoms with Gasteiger partial charge in [0.15, 0.2) is 5.78 Å². The molecule has 1 unspecified atom stereocenters. The molecule has 0 spiro atoms. The maximum absolute atomic E-state index is 12.3. The second kappa shape index (κ2) is 9.90. The van der Waals surface area contributed by atoms with E-state index in [4.69, 9.17) is 4.74 Å². The maximum Gasteiger partial charge on any atom is 0.338 e. The quantitative estimate of drug-likeness (QED) is 0.445. The van der Waals surface area contributed by atoms with Crippen molar-refractivity contribution < 1.29 is 29.0 Å². The van der Waals surface area contributed by atoms with E-state index in [-0.39, 0.29) is 17.8 Å². The Kier molecular flexibility index (Phi) is 7.04. The van der Waals surface area contributed by atoms with Crippen LogP contribution in [0.4, 0.5) is 0 Å². The van der Waals surface area contributed by atoms with Gasteiger partial charge in [-0.2, -0.15) is 0 Å². The van der Waals surface area contributed by atoms with Crippen molar-refractivity contribution in [2.24, 2.45) is 0 Å². The van der Waals surface area contributed by atoms with Crippen molar-refractivity contribution in [1.82, 2.24) is 0 Å². The summed E-state index contributed by atoms with van der Waals surface area (Å²) >= 11 is 0. The average molecular weight is 430 g/mol. The standard InChI is InChI=1S/C26H22O6/c1-3-32-25(29)21-10-6-18(7-11-21)5-4-15-26(30)16-14-23(27)22(26)17-19-8-12-20(13-9-19)24(28)31-2/h6-14,16-17,30H,3,15H2,1-2H3/b22-17-. The summed E-state index contributed by atoms with van der Waals surface area (Å²) < 4.78 is 9.62. The SMILES string of the molecule is CCOC(=O)c1ccc(C#CCC2(O)C=CC(=O)/C2=C/c2ccc(C(=O)OC)cc2)cc1. The molecule has 0 bridgehead atoms. The Hall–Kier alpha value is -3.95. The van der Waals surface area contributed by atoms with E-state index in [0.717, 1.165) is 0 Å². The fourth-order valence-electron chi connectivity index (χ4n) is 3.14. The van der Waals surface area contributed by atoms with Crippen LogP contribution in [-0.2, 0) is 14.3 Å². The predicted octanol–water partition coefficient (Wildman–Crippen LogP) is 3.35. The van der Waals surface area contributed by atoms with Crippen molar-refractivity contribution in [3.8, 4) is 11.8 Å². The Morgan fingerprint density at radius 1 is 1.03 bits per heavy atom. The van der Waals surface area contributed by atoms with Gasteiger partial charge in [0.05, 0.1) is 24.8 Å². The summed E-state index contributed by atoms with van der Waals surface area (Å²) in [4.78, 5) is 35.6. The second-order valence-electron chi connectivity index (χ2n) is 7.07. The molecule has 6 heteroatoms. The van der Waals surface area contributed by atoms with Gasteiger partial charge in [0.25, 0.3) is 0 Å². The molecule has 3 rings (SSSR count). The smallest absolute Gasteiger partial charge is 0.338 e. The molecule has 162 valence electrons. The Balaban J connectivity index is 1.75. The molecule has 1 aliphatic carbocycles. The molecule has 2 aromatic rings. The molecule has 1 atom stereocenters. The van der Waals surface area contributed by atoms with Crippen LogP contribution in [0, 0.1) is 11.8 Å². The third-order valence-electron chi connectivity index (χ3n) is 4.87. The molecule has 2 aromatic carbocycles. The third-order valence-corrected chi connectivity index (χ3v) is 4.87. The van der Waals surface area contributed by atoms with Crippen molar-refractivity contribution in [1.29, 1.82) is 0 Å². The van der Waals surface area contributed by atoms with Gasteiger partial charge >= 0.3 is 11.9 Å². The van der Waals surface area contributed by atoms with E-state index in [2.05, 4.69) is 16.6 Å². The number of esters is 2. The maximum atomic E-state index is 12.3. The van der Waals surface area contributed by atoms with Crippen molar-refractivity contribution in [2.45, 2.75) is 18.9 Å². The Morgan fingerprint density at radius 2 is 1.66 bits per heavy atom. The van der Waals surface area contributed by atoms with Crippen molar-refractivity contribution >= 4 is 23.8 Å². The molecule has 1 N–H and O–H groups in total. The molecule has 32 heavy (non-hydrogen) atoms. The van der Waals surface area contributed by atoms with E-state index >= 15 is 0 Å². The number of carbonyl (C=O) groups excluding carboxylic acids is 3. The van der Waals surface area contributed by atoms with E-state index in [9.17, 15) is 19.5 Å². The first-order chi connectivity index (χ1) is 15.4. The molecular weight excluding hydrogens is 408 g/mol. The van der Waals surface area contributed by atoms with E-state index in [1.54, 1.807) is 61.5 Å². The summed E-state index contributed by atoms with van der Waals surface area (Å²) in [7, 11) is 1.30. The topological polar surface area (TPSA) is 89.9 Å². The normalized spacial score (nSPS) is 18.2. The minimum absolute atomic E-state index is 0.0148. The highest BCUT2D eigenvalue weighted by molar-refractivity contribution is 6.12. The monoisotopic (exact) mass is 430 g/mol. The minimum Gasteiger partial charge on any atom is -0.465 e. The first-order valence-corrected chi connectivity index (χ1v) is 9.99. The van der Waals surface area contributed by atoms with Crippen molar-refractivity contribution in [3.63, 3.8) is 0 Å². The van der Waals surface area contributed by atoms with Crippen LogP contribution in [0.3, 0.4) is 0 Å². The minimum atomic E-state index is -1.52. The van der Waals surface area contributed by atoms with Gasteiger partial charge in [0.2, 0.25) is 0 Å². The number of allylic oxidation sites excluding steroid dienone is 1. The van der Waals surface area contributed by atoms with E-state index < -0.39 is 17.5 Å². The summed E-state index contributed by atoms with van der Waals surface area (Å²) in [5.41, 5.74) is 0.833. The fourth-order valence-corrected chi connectivity index (χ4v) is 3.14. The van der Waals surface area contributed by atoms with Gasteiger partial charge in [-0.15, -0.1) is 0 Å². The number of hydrogen-bond acceptors (Lipinski definition) is 6. The highest BCUT2D eigenvalue weighted by Crippen LogP contribution is 2.31. The molecule has 0 saturated heterocycles. The molecular formula is C26H22O6. The lowest BCUT2D eigenvalue weighted by molar-refractivity contribution is -0.111. The first kappa shape index (κ1) is 22.7. The molecule has 0 fully saturated rings. The van der Waals surface area contributed by atoms with Crippen LogP contribution >= 0.6 is 0 Å². The fraction of sp³-hybridized carbons (Fsp3) is 0.192. The van der Waals surface area contributed by atoms with Crippen LogP contribution in [0.5, 0.6) is 0 Å². The number of hydrogen-bond donors (Lipinski definition) is 1. The zero-order valence-corrected chi connectivity index (χ0v) is 17.8. The summed E-state index contributed by atoms with van der Waals surface area (Å²) in [6.45, 7) is 2.04. The van der Waals surface area contributed by atoms with Crippen LogP contribution in [-0.4, -0.2) is 42.1 Å². The van der Waals surface area contributed by atoms with Crippen molar-refractivity contribution in [3.05, 3.63) is 88.5 Å². The molecule has 1 aliphatic rings. The van der Waals surface area contributed by atoms with E-state index in [1.807, 2.05) is 0 Å². The number of carbonyl (C=O) groups is 3. The lowest BCUT2D eigenvalue weighted by atomic mass is 9.91. The van der Waals surface area contributed by atoms with Gasteiger partial charge in [-0.3, -0.25) is 4.79 Å². The number of benzene rings is 2. The zero-order valence-electron chi connectivity index (χ0n) is 17.8. The molecule has 0 saturated carbocycles. The van der Waals surface area contributed by atoms with Gasteiger partial charge in [-0.05, 0) is 67.1 Å². The number of rotatable bonds is 5. The summed E-state index contributed by atoms with van der Waals surface area (Å²) in [5, 5.41) is 11.0. The van der Waals surface area contributed by atoms with Gasteiger partial charge < -0.3 is 14.6 Å². The highest BCUT2D eigenvalue weighted by atomic mass is 16.5. The van der Waals surface area contributed by atoms with Crippen molar-refractivity contribution in [2.75, 3.05) is 13.7 Å². The van der Waals surface area contributed by atoms with Gasteiger partial charge in [0.1, 0.15) is 5.60 Å². The van der Waals surface area contributed by atoms with Gasteiger partial charge in [0, 0.05) is 17.6 Å². The van der Waals surface area contributed by atoms with Crippen LogP contribution in [0.25, 0.3) is 6.08 Å². The number of aliphatic hydroxyl groups is 1. The summed E-state index contributed by atoms with van der Waals surface area (Å²) in [6.07, 6.45) is 4.35. The predicted molar refractivity (Wildman–Crippen MR) is 119 cm³/mol. The Morgan fingerprint density at radius 3 is 2.28 bits per heavy atom. The average Bonchev–Trinajstić information content (AvgIpc) is 3.08. The van der Waals surface area contributed by atoms with Crippen LogP contribution in [0.2, 0.25) is 0 Å². The lowest BCUT2D eigenvalue weighted by Gasteiger charge is -2.19. The summed E-state index contributed by atoms with van der Waals surface area (Å²) in [5.74, 6) is 4.69. The number of ether oxygens (including phenoxy) is 2. The van der Waals surface area contributed by atoms with Gasteiger partial charge in [-0.1, -0.05) is 24.0 Å². The summed E-state index contributed by atoms with van der Waals surface area (Å²) in [6, 6.07) is 13.1. The second-order valence-corrected chi connectivity index (χ2v) is 7.07. The molecule has 0 heterocycles. The molecule has 6 nitrogen and oxygen atoms in total. The van der Waals surface area contributed by atoms with E-state index in [1.165, 1.54) is 19.3 Å². The third kappa shape index (κ3) is 5.20. The van der Waals surface area contributed by atoms with Crippen LogP contribution in [0.15, 0.2) is 66.3 Å². The van der Waals surface area contributed by atoms with E-state index in [0.29, 0.717) is 28.9 Å². The molecule has 0 aliphatic heterocycles. The zero-order chi connectivity index (χ0) is 23.1. The Bertz CT molecular complexity index is 1140. The first-order valence-electron chi connectivity index (χ1n) is 9.99. The molecule has 0 amide bonds. The Labute approximate surface area is 186 Å². The van der Waals surface area contributed by atoms with Gasteiger partial charge in [-0.25, -0.2) is 9.59 Å². The number of methoxy groups -OCH3 is 1. The number of ketones is 1. The van der Waals surface area contributed by atoms with Crippen LogP contribution in [0.1, 0.15) is 45.2 Å². The van der Waals surface area contributed by atoms with Crippen LogP contribution < -0.4 is 0 Å². The lowest BCUT2D eigenvalue weighted by Crippen LogP contribution is -2.27.